The molecule has 0 aromatic carbocycles. The van der Waals surface area contributed by atoms with Crippen LogP contribution in [-0.2, 0) is 0 Å². The van der Waals surface area contributed by atoms with Crippen LogP contribution >= 0.6 is 0 Å². The molecule has 0 saturated heterocycles. The Morgan fingerprint density at radius 2 is 1.68 bits per heavy atom. The van der Waals surface area contributed by atoms with E-state index >= 15 is 0 Å². The SMILES string of the molecule is CC1=CC(=C(C#N)C#N)C=C(C)N1CCCN(C)C. The third-order valence-corrected chi connectivity index (χ3v) is 3.08. The Bertz CT molecular complexity index is 471. The van der Waals surface area contributed by atoms with E-state index in [1.54, 1.807) is 0 Å². The van der Waals surface area contributed by atoms with Crippen molar-refractivity contribution >= 4 is 0 Å². The summed E-state index contributed by atoms with van der Waals surface area (Å²) in [5.74, 6) is 0. The summed E-state index contributed by atoms with van der Waals surface area (Å²) >= 11 is 0. The lowest BCUT2D eigenvalue weighted by molar-refractivity contribution is 0.348. The van der Waals surface area contributed by atoms with E-state index < -0.39 is 0 Å². The van der Waals surface area contributed by atoms with Gasteiger partial charge < -0.3 is 9.80 Å². The molecule has 0 unspecified atom stereocenters. The molecule has 0 bridgehead atoms. The lowest BCUT2D eigenvalue weighted by Gasteiger charge is -2.30. The van der Waals surface area contributed by atoms with Crippen molar-refractivity contribution in [1.82, 2.24) is 9.80 Å². The smallest absolute Gasteiger partial charge is 0.137 e. The maximum atomic E-state index is 8.91. The zero-order valence-electron chi connectivity index (χ0n) is 12.1. The average molecular weight is 256 g/mol. The van der Waals surface area contributed by atoms with Gasteiger partial charge in [0.05, 0.1) is 0 Å². The van der Waals surface area contributed by atoms with Crippen LogP contribution in [0.25, 0.3) is 0 Å². The van der Waals surface area contributed by atoms with Gasteiger partial charge in [-0.15, -0.1) is 0 Å². The van der Waals surface area contributed by atoms with E-state index in [0.29, 0.717) is 5.57 Å². The zero-order valence-corrected chi connectivity index (χ0v) is 12.1. The Morgan fingerprint density at radius 3 is 2.11 bits per heavy atom. The topological polar surface area (TPSA) is 54.1 Å². The first-order valence-electron chi connectivity index (χ1n) is 6.33. The molecule has 4 nitrogen and oxygen atoms in total. The van der Waals surface area contributed by atoms with Crippen LogP contribution in [0.2, 0.25) is 0 Å². The van der Waals surface area contributed by atoms with Crippen LogP contribution in [0.3, 0.4) is 0 Å². The van der Waals surface area contributed by atoms with E-state index in [4.69, 9.17) is 10.5 Å². The maximum Gasteiger partial charge on any atom is 0.137 e. The Kier molecular flexibility index (Phi) is 5.36. The summed E-state index contributed by atoms with van der Waals surface area (Å²) in [5.41, 5.74) is 3.05. The van der Waals surface area contributed by atoms with Gasteiger partial charge in [0, 0.05) is 23.5 Å². The Hall–Kier alpha value is -2.04. The molecule has 1 aliphatic rings. The summed E-state index contributed by atoms with van der Waals surface area (Å²) in [6.45, 7) is 6.02. The fourth-order valence-electron chi connectivity index (χ4n) is 2.12. The van der Waals surface area contributed by atoms with E-state index in [0.717, 1.165) is 30.9 Å². The van der Waals surface area contributed by atoms with Gasteiger partial charge in [-0.05, 0) is 53.1 Å². The molecule has 0 radical (unpaired) electrons. The highest BCUT2D eigenvalue weighted by molar-refractivity contribution is 5.53. The predicted octanol–water partition coefficient (Wildman–Crippen LogP) is 2.41. The first kappa shape index (κ1) is 15.0. The van der Waals surface area contributed by atoms with Gasteiger partial charge in [0.25, 0.3) is 0 Å². The van der Waals surface area contributed by atoms with Crippen molar-refractivity contribution in [2.75, 3.05) is 27.2 Å². The minimum Gasteiger partial charge on any atom is -0.349 e. The third kappa shape index (κ3) is 3.98. The van der Waals surface area contributed by atoms with E-state index in [2.05, 4.69) is 23.9 Å². The molecule has 0 aromatic heterocycles. The summed E-state index contributed by atoms with van der Waals surface area (Å²) < 4.78 is 0. The second-order valence-corrected chi connectivity index (χ2v) is 4.93. The van der Waals surface area contributed by atoms with Gasteiger partial charge in [-0.1, -0.05) is 0 Å². The molecular weight excluding hydrogens is 236 g/mol. The fourth-order valence-corrected chi connectivity index (χ4v) is 2.12. The highest BCUT2D eigenvalue weighted by Gasteiger charge is 2.15. The van der Waals surface area contributed by atoms with Crippen LogP contribution < -0.4 is 0 Å². The second kappa shape index (κ2) is 6.78. The van der Waals surface area contributed by atoms with Crippen molar-refractivity contribution in [3.63, 3.8) is 0 Å². The number of nitrogens with zero attached hydrogens (tertiary/aromatic N) is 4. The minimum absolute atomic E-state index is 0.173. The minimum atomic E-state index is 0.173. The fraction of sp³-hybridized carbons (Fsp3) is 0.467. The van der Waals surface area contributed by atoms with Gasteiger partial charge in [0.1, 0.15) is 17.7 Å². The first-order valence-corrected chi connectivity index (χ1v) is 6.33. The van der Waals surface area contributed by atoms with Gasteiger partial charge >= 0.3 is 0 Å². The maximum absolute atomic E-state index is 8.91. The lowest BCUT2D eigenvalue weighted by atomic mass is 10.0. The van der Waals surface area contributed by atoms with Crippen molar-refractivity contribution in [2.24, 2.45) is 0 Å². The summed E-state index contributed by atoms with van der Waals surface area (Å²) in [7, 11) is 4.13. The molecule has 0 aliphatic carbocycles. The van der Waals surface area contributed by atoms with Gasteiger partial charge in [0.15, 0.2) is 0 Å². The number of hydrogen-bond acceptors (Lipinski definition) is 4. The molecule has 0 saturated carbocycles. The lowest BCUT2D eigenvalue weighted by Crippen LogP contribution is -2.26. The Balaban J connectivity index is 2.86. The Morgan fingerprint density at radius 1 is 1.16 bits per heavy atom. The predicted molar refractivity (Wildman–Crippen MR) is 75.6 cm³/mol. The van der Waals surface area contributed by atoms with Crippen molar-refractivity contribution in [3.05, 3.63) is 34.7 Å². The van der Waals surface area contributed by atoms with Crippen molar-refractivity contribution in [1.29, 1.82) is 10.5 Å². The van der Waals surface area contributed by atoms with E-state index in [9.17, 15) is 0 Å². The second-order valence-electron chi connectivity index (χ2n) is 4.93. The number of rotatable bonds is 4. The monoisotopic (exact) mass is 256 g/mol. The molecule has 4 heteroatoms. The number of allylic oxidation sites excluding steroid dienone is 6. The molecule has 0 amide bonds. The van der Waals surface area contributed by atoms with Gasteiger partial charge in [-0.2, -0.15) is 10.5 Å². The van der Waals surface area contributed by atoms with Crippen LogP contribution in [0.5, 0.6) is 0 Å². The zero-order chi connectivity index (χ0) is 14.4. The van der Waals surface area contributed by atoms with Crippen LogP contribution in [0.4, 0.5) is 0 Å². The quantitative estimate of drug-likeness (QED) is 0.725. The summed E-state index contributed by atoms with van der Waals surface area (Å²) in [6, 6.07) is 3.88. The van der Waals surface area contributed by atoms with Crippen molar-refractivity contribution in [2.45, 2.75) is 20.3 Å². The Labute approximate surface area is 115 Å². The standard InChI is InChI=1S/C15H20N4/c1-12-8-14(15(10-16)11-17)9-13(2)19(12)7-5-6-18(3)4/h8-9H,5-7H2,1-4H3. The van der Waals surface area contributed by atoms with Gasteiger partial charge in [-0.3, -0.25) is 0 Å². The van der Waals surface area contributed by atoms with Gasteiger partial charge in [-0.25, -0.2) is 0 Å². The molecule has 0 spiro atoms. The highest BCUT2D eigenvalue weighted by atomic mass is 15.1. The van der Waals surface area contributed by atoms with E-state index in [-0.39, 0.29) is 5.57 Å². The molecule has 100 valence electrons. The molecule has 0 aromatic rings. The molecule has 1 heterocycles. The molecule has 0 atom stereocenters. The molecule has 0 fully saturated rings. The summed E-state index contributed by atoms with van der Waals surface area (Å²) in [4.78, 5) is 4.39. The molecule has 19 heavy (non-hydrogen) atoms. The summed E-state index contributed by atoms with van der Waals surface area (Å²) in [5, 5.41) is 17.8. The van der Waals surface area contributed by atoms with Crippen LogP contribution in [-0.4, -0.2) is 37.0 Å². The van der Waals surface area contributed by atoms with Gasteiger partial charge in [0.2, 0.25) is 0 Å². The molecular formula is C15H20N4. The first-order chi connectivity index (χ1) is 8.99. The normalized spacial score (nSPS) is 14.7. The van der Waals surface area contributed by atoms with E-state index in [1.807, 2.05) is 38.1 Å². The summed E-state index contributed by atoms with van der Waals surface area (Å²) in [6.07, 6.45) is 4.89. The largest absolute Gasteiger partial charge is 0.349 e. The molecule has 1 aliphatic heterocycles. The average Bonchev–Trinajstić information content (AvgIpc) is 2.34. The van der Waals surface area contributed by atoms with E-state index in [1.165, 1.54) is 0 Å². The molecule has 0 N–H and O–H groups in total. The highest BCUT2D eigenvalue weighted by Crippen LogP contribution is 2.24. The van der Waals surface area contributed by atoms with Crippen LogP contribution in [0.15, 0.2) is 34.7 Å². The number of hydrogen-bond donors (Lipinski definition) is 0. The van der Waals surface area contributed by atoms with Crippen molar-refractivity contribution < 1.29 is 0 Å². The number of nitriles is 2. The van der Waals surface area contributed by atoms with Crippen LogP contribution in [0, 0.1) is 22.7 Å². The van der Waals surface area contributed by atoms with Crippen LogP contribution in [0.1, 0.15) is 20.3 Å². The third-order valence-electron chi connectivity index (χ3n) is 3.08. The van der Waals surface area contributed by atoms with Crippen molar-refractivity contribution in [3.8, 4) is 12.1 Å². The molecule has 1 rings (SSSR count).